The van der Waals surface area contributed by atoms with Gasteiger partial charge >= 0.3 is 0 Å². The predicted molar refractivity (Wildman–Crippen MR) is 75.9 cm³/mol. The van der Waals surface area contributed by atoms with Gasteiger partial charge in [-0.25, -0.2) is 4.98 Å². The van der Waals surface area contributed by atoms with E-state index in [-0.39, 0.29) is 0 Å². The van der Waals surface area contributed by atoms with Crippen LogP contribution in [-0.4, -0.2) is 16.5 Å². The van der Waals surface area contributed by atoms with Crippen molar-refractivity contribution in [2.75, 3.05) is 11.9 Å². The molecule has 3 heteroatoms. The van der Waals surface area contributed by atoms with E-state index in [0.29, 0.717) is 0 Å². The molecule has 18 heavy (non-hydrogen) atoms. The molecule has 1 aromatic heterocycles. The van der Waals surface area contributed by atoms with Gasteiger partial charge in [0.2, 0.25) is 0 Å². The van der Waals surface area contributed by atoms with Crippen LogP contribution in [0.3, 0.4) is 0 Å². The van der Waals surface area contributed by atoms with Crippen LogP contribution in [-0.2, 0) is 6.42 Å². The molecule has 0 aliphatic carbocycles. The Kier molecular flexibility index (Phi) is 4.40. The van der Waals surface area contributed by atoms with Crippen LogP contribution < -0.4 is 5.32 Å². The molecule has 2 aromatic rings. The van der Waals surface area contributed by atoms with Crippen molar-refractivity contribution >= 4 is 5.69 Å². The number of aromatic nitrogens is 2. The number of nitrogens with one attached hydrogen (secondary N) is 2. The lowest BCUT2D eigenvalue weighted by Gasteiger charge is -2.04. The summed E-state index contributed by atoms with van der Waals surface area (Å²) in [6.07, 6.45) is 5.81. The summed E-state index contributed by atoms with van der Waals surface area (Å²) in [6.45, 7) is 5.46. The Morgan fingerprint density at radius 2 is 2.11 bits per heavy atom. The number of aryl methyl sites for hydroxylation is 1. The fourth-order valence-electron chi connectivity index (χ4n) is 2.20. The van der Waals surface area contributed by atoms with Crippen LogP contribution in [0.15, 0.2) is 36.8 Å². The molecule has 0 amide bonds. The highest BCUT2D eigenvalue weighted by Crippen LogP contribution is 2.32. The van der Waals surface area contributed by atoms with E-state index in [2.05, 4.69) is 53.4 Å². The number of aromatic amines is 1. The first-order valence-corrected chi connectivity index (χ1v) is 6.65. The second-order valence-electron chi connectivity index (χ2n) is 4.50. The average molecular weight is 243 g/mol. The fraction of sp³-hybridized carbons (Fsp3) is 0.400. The lowest BCUT2D eigenvalue weighted by molar-refractivity contribution is 0.727. The van der Waals surface area contributed by atoms with E-state index in [1.807, 2.05) is 6.20 Å². The normalized spacial score (nSPS) is 16.4. The molecule has 0 radical (unpaired) electrons. The highest BCUT2D eigenvalue weighted by atomic mass is 14.9. The van der Waals surface area contributed by atoms with E-state index in [9.17, 15) is 0 Å². The van der Waals surface area contributed by atoms with E-state index in [1.165, 1.54) is 23.4 Å². The largest absolute Gasteiger partial charge is 0.384 e. The van der Waals surface area contributed by atoms with Gasteiger partial charge in [-0.15, -0.1) is 0 Å². The van der Waals surface area contributed by atoms with Gasteiger partial charge in [-0.05, 0) is 24.5 Å². The van der Waals surface area contributed by atoms with Crippen LogP contribution in [0, 0.1) is 0 Å². The van der Waals surface area contributed by atoms with Crippen molar-refractivity contribution in [1.29, 1.82) is 0 Å². The van der Waals surface area contributed by atoms with Gasteiger partial charge in [0.15, 0.2) is 0 Å². The number of para-hydroxylation sites is 1. The summed E-state index contributed by atoms with van der Waals surface area (Å²) in [7, 11) is 0. The van der Waals surface area contributed by atoms with E-state index >= 15 is 0 Å². The number of fused-ring (bicyclic) bond motifs is 1. The van der Waals surface area contributed by atoms with Gasteiger partial charge in [0, 0.05) is 30.0 Å². The van der Waals surface area contributed by atoms with Crippen molar-refractivity contribution in [3.63, 3.8) is 0 Å². The summed E-state index contributed by atoms with van der Waals surface area (Å²) < 4.78 is 0. The SMILES string of the molecule is CCC1CNc2ccccc21.CCc1cnc[nH]1. The van der Waals surface area contributed by atoms with Gasteiger partial charge < -0.3 is 10.3 Å². The third-order valence-corrected chi connectivity index (χ3v) is 3.37. The van der Waals surface area contributed by atoms with E-state index in [0.717, 1.165) is 18.9 Å². The molecule has 0 spiro atoms. The Labute approximate surface area is 109 Å². The molecule has 1 aliphatic rings. The number of H-pyrrole nitrogens is 1. The maximum Gasteiger partial charge on any atom is 0.0921 e. The molecule has 96 valence electrons. The summed E-state index contributed by atoms with van der Waals surface area (Å²) in [4.78, 5) is 6.81. The van der Waals surface area contributed by atoms with Gasteiger partial charge in [0.1, 0.15) is 0 Å². The van der Waals surface area contributed by atoms with Gasteiger partial charge in [0.05, 0.1) is 6.33 Å². The second-order valence-corrected chi connectivity index (χ2v) is 4.50. The Morgan fingerprint density at radius 3 is 2.72 bits per heavy atom. The Bertz CT molecular complexity index is 462. The number of nitrogens with zero attached hydrogens (tertiary/aromatic N) is 1. The van der Waals surface area contributed by atoms with Crippen LogP contribution in [0.2, 0.25) is 0 Å². The summed E-state index contributed by atoms with van der Waals surface area (Å²) in [5, 5.41) is 3.40. The van der Waals surface area contributed by atoms with Crippen molar-refractivity contribution in [3.8, 4) is 0 Å². The maximum atomic E-state index is 3.84. The third kappa shape index (κ3) is 2.92. The molecular weight excluding hydrogens is 222 g/mol. The molecule has 1 aliphatic heterocycles. The van der Waals surface area contributed by atoms with Gasteiger partial charge in [0.25, 0.3) is 0 Å². The number of hydrogen-bond donors (Lipinski definition) is 2. The zero-order valence-corrected chi connectivity index (χ0v) is 11.1. The Morgan fingerprint density at radius 1 is 1.28 bits per heavy atom. The molecule has 0 fully saturated rings. The molecule has 2 N–H and O–H groups in total. The number of benzene rings is 1. The molecule has 1 aromatic carbocycles. The van der Waals surface area contributed by atoms with Crippen LogP contribution in [0.1, 0.15) is 37.4 Å². The molecule has 1 unspecified atom stereocenters. The smallest absolute Gasteiger partial charge is 0.0921 e. The van der Waals surface area contributed by atoms with Crippen LogP contribution >= 0.6 is 0 Å². The highest BCUT2D eigenvalue weighted by molar-refractivity contribution is 5.57. The quantitative estimate of drug-likeness (QED) is 0.846. The van der Waals surface area contributed by atoms with Crippen LogP contribution in [0.25, 0.3) is 0 Å². The zero-order valence-electron chi connectivity index (χ0n) is 11.1. The zero-order chi connectivity index (χ0) is 12.8. The number of hydrogen-bond acceptors (Lipinski definition) is 2. The van der Waals surface area contributed by atoms with E-state index < -0.39 is 0 Å². The second kappa shape index (κ2) is 6.24. The Hall–Kier alpha value is -1.77. The standard InChI is InChI=1S/C10H13N.C5H8N2/c1-2-8-7-11-10-6-4-3-5-9(8)10;1-2-5-3-6-4-7-5/h3-6,8,11H,2,7H2,1H3;3-4H,2H2,1H3,(H,6,7). The summed E-state index contributed by atoms with van der Waals surface area (Å²) in [6, 6.07) is 8.59. The van der Waals surface area contributed by atoms with Crippen molar-refractivity contribution in [3.05, 3.63) is 48.0 Å². The molecular formula is C15H21N3. The summed E-state index contributed by atoms with van der Waals surface area (Å²) in [5.74, 6) is 0.742. The first-order valence-electron chi connectivity index (χ1n) is 6.65. The highest BCUT2D eigenvalue weighted by Gasteiger charge is 2.18. The molecule has 3 nitrogen and oxygen atoms in total. The first kappa shape index (κ1) is 12.7. The van der Waals surface area contributed by atoms with Crippen LogP contribution in [0.5, 0.6) is 0 Å². The third-order valence-electron chi connectivity index (χ3n) is 3.37. The predicted octanol–water partition coefficient (Wildman–Crippen LogP) is 3.58. The van der Waals surface area contributed by atoms with Gasteiger partial charge in [-0.2, -0.15) is 0 Å². The molecule has 2 heterocycles. The number of imidazole rings is 1. The van der Waals surface area contributed by atoms with Crippen molar-refractivity contribution in [1.82, 2.24) is 9.97 Å². The first-order chi connectivity index (χ1) is 8.85. The Balaban J connectivity index is 0.000000149. The molecule has 0 bridgehead atoms. The fourth-order valence-corrected chi connectivity index (χ4v) is 2.20. The molecule has 0 saturated carbocycles. The topological polar surface area (TPSA) is 40.7 Å². The number of rotatable bonds is 2. The minimum atomic E-state index is 0.742. The average Bonchev–Trinajstić information content (AvgIpc) is 3.08. The van der Waals surface area contributed by atoms with Gasteiger partial charge in [-0.3, -0.25) is 0 Å². The minimum Gasteiger partial charge on any atom is -0.384 e. The minimum absolute atomic E-state index is 0.742. The molecule has 1 atom stereocenters. The maximum absolute atomic E-state index is 3.84. The molecule has 0 saturated heterocycles. The molecule has 3 rings (SSSR count). The van der Waals surface area contributed by atoms with E-state index in [1.54, 1.807) is 6.33 Å². The number of anilines is 1. The van der Waals surface area contributed by atoms with Crippen molar-refractivity contribution in [2.24, 2.45) is 0 Å². The van der Waals surface area contributed by atoms with E-state index in [4.69, 9.17) is 0 Å². The monoisotopic (exact) mass is 243 g/mol. The summed E-state index contributed by atoms with van der Waals surface area (Å²) in [5.41, 5.74) is 4.02. The van der Waals surface area contributed by atoms with Gasteiger partial charge in [-0.1, -0.05) is 32.0 Å². The van der Waals surface area contributed by atoms with Crippen LogP contribution in [0.4, 0.5) is 5.69 Å². The lowest BCUT2D eigenvalue weighted by Crippen LogP contribution is -1.99. The van der Waals surface area contributed by atoms with Crippen molar-refractivity contribution in [2.45, 2.75) is 32.6 Å². The lowest BCUT2D eigenvalue weighted by atomic mass is 9.99. The van der Waals surface area contributed by atoms with Crippen molar-refractivity contribution < 1.29 is 0 Å². The summed E-state index contributed by atoms with van der Waals surface area (Å²) >= 11 is 0.